The quantitative estimate of drug-likeness (QED) is 0.723. The fourth-order valence-electron chi connectivity index (χ4n) is 3.36. The zero-order chi connectivity index (χ0) is 22.8. The van der Waals surface area contributed by atoms with Gasteiger partial charge in [-0.15, -0.1) is 0 Å². The molecule has 0 bridgehead atoms. The molecule has 168 valence electrons. The summed E-state index contributed by atoms with van der Waals surface area (Å²) in [6, 6.07) is 5.73. The Morgan fingerprint density at radius 1 is 1.19 bits per heavy atom. The molecule has 0 saturated carbocycles. The predicted molar refractivity (Wildman–Crippen MR) is 109 cm³/mol. The van der Waals surface area contributed by atoms with E-state index in [4.69, 9.17) is 0 Å². The molecule has 3 rings (SSSR count). The first-order valence-corrected chi connectivity index (χ1v) is 9.96. The van der Waals surface area contributed by atoms with Crippen LogP contribution in [0.5, 0.6) is 0 Å². The second kappa shape index (κ2) is 9.07. The van der Waals surface area contributed by atoms with E-state index in [0.717, 1.165) is 6.07 Å². The van der Waals surface area contributed by atoms with Crippen LogP contribution in [0.3, 0.4) is 0 Å². The highest BCUT2D eigenvalue weighted by atomic mass is 19.4. The summed E-state index contributed by atoms with van der Waals surface area (Å²) < 4.78 is 53.3. The maximum Gasteiger partial charge on any atom is 0.433 e. The third kappa shape index (κ3) is 5.62. The zero-order valence-corrected chi connectivity index (χ0v) is 17.6. The van der Waals surface area contributed by atoms with E-state index in [1.165, 1.54) is 11.0 Å². The monoisotopic (exact) mass is 439 g/mol. The minimum Gasteiger partial charge on any atom is -0.363 e. The number of nitrogens with zero attached hydrogens (tertiary/aromatic N) is 4. The number of nitrogens with one attached hydrogen (secondary N) is 1. The van der Waals surface area contributed by atoms with Gasteiger partial charge in [0.2, 0.25) is 11.9 Å². The number of rotatable bonds is 5. The molecule has 10 heteroatoms. The highest BCUT2D eigenvalue weighted by molar-refractivity contribution is 5.79. The van der Waals surface area contributed by atoms with Crippen LogP contribution in [0.4, 0.5) is 29.3 Å². The van der Waals surface area contributed by atoms with Gasteiger partial charge in [-0.05, 0) is 37.0 Å². The number of aryl methyl sites for hydroxylation is 1. The number of carbonyl (C=O) groups excluding carboxylic acids is 1. The minimum absolute atomic E-state index is 0.00696. The smallest absolute Gasteiger partial charge is 0.363 e. The van der Waals surface area contributed by atoms with Crippen LogP contribution >= 0.6 is 0 Å². The van der Waals surface area contributed by atoms with Gasteiger partial charge in [-0.25, -0.2) is 9.37 Å². The summed E-state index contributed by atoms with van der Waals surface area (Å²) in [5, 5.41) is 2.81. The average molecular weight is 439 g/mol. The van der Waals surface area contributed by atoms with Crippen molar-refractivity contribution in [2.24, 2.45) is 5.92 Å². The van der Waals surface area contributed by atoms with Crippen molar-refractivity contribution < 1.29 is 22.4 Å². The number of halogens is 4. The number of aromatic nitrogens is 2. The first-order valence-electron chi connectivity index (χ1n) is 9.96. The molecule has 2 heterocycles. The molecule has 0 aliphatic carbocycles. The van der Waals surface area contributed by atoms with E-state index in [0.29, 0.717) is 37.1 Å². The van der Waals surface area contributed by atoms with Crippen molar-refractivity contribution in [2.45, 2.75) is 32.5 Å². The Labute approximate surface area is 178 Å². The SMILES string of the molecule is Cc1ccc(CNC(=O)C2CCN(c3nc(N(C)C)cc(C(F)(F)F)n3)CC2)cc1F. The molecule has 1 saturated heterocycles. The number of piperidine rings is 1. The van der Waals surface area contributed by atoms with Crippen LogP contribution < -0.4 is 15.1 Å². The van der Waals surface area contributed by atoms with Gasteiger partial charge < -0.3 is 15.1 Å². The summed E-state index contributed by atoms with van der Waals surface area (Å²) >= 11 is 0. The lowest BCUT2D eigenvalue weighted by Gasteiger charge is -2.32. The first kappa shape index (κ1) is 22.8. The predicted octanol–water partition coefficient (Wildman–Crippen LogP) is 3.54. The van der Waals surface area contributed by atoms with Crippen molar-refractivity contribution >= 4 is 17.7 Å². The fourth-order valence-corrected chi connectivity index (χ4v) is 3.36. The van der Waals surface area contributed by atoms with Crippen molar-refractivity contribution in [1.29, 1.82) is 0 Å². The Hall–Kier alpha value is -2.91. The molecule has 1 aliphatic heterocycles. The van der Waals surface area contributed by atoms with Crippen molar-refractivity contribution in [3.05, 3.63) is 46.9 Å². The van der Waals surface area contributed by atoms with Gasteiger partial charge in [0.25, 0.3) is 0 Å². The van der Waals surface area contributed by atoms with Crippen LogP contribution in [0.25, 0.3) is 0 Å². The number of amides is 1. The Kier molecular flexibility index (Phi) is 6.66. The first-order chi connectivity index (χ1) is 14.5. The summed E-state index contributed by atoms with van der Waals surface area (Å²) in [6.45, 7) is 2.62. The van der Waals surface area contributed by atoms with Gasteiger partial charge in [-0.2, -0.15) is 18.2 Å². The molecule has 6 nitrogen and oxygen atoms in total. The molecule has 1 aromatic heterocycles. The van der Waals surface area contributed by atoms with Crippen LogP contribution in [0.1, 0.15) is 29.7 Å². The summed E-state index contributed by atoms with van der Waals surface area (Å²) in [5.41, 5.74) is 0.213. The Bertz CT molecular complexity index is 940. The van der Waals surface area contributed by atoms with Crippen LogP contribution in [-0.4, -0.2) is 43.1 Å². The van der Waals surface area contributed by atoms with E-state index in [2.05, 4.69) is 15.3 Å². The molecule has 1 aliphatic rings. The number of hydrogen-bond acceptors (Lipinski definition) is 5. The molecule has 0 spiro atoms. The Morgan fingerprint density at radius 2 is 1.87 bits per heavy atom. The van der Waals surface area contributed by atoms with E-state index >= 15 is 0 Å². The maximum absolute atomic E-state index is 13.6. The fraction of sp³-hybridized carbons (Fsp3) is 0.476. The molecule has 1 N–H and O–H groups in total. The summed E-state index contributed by atoms with van der Waals surface area (Å²) in [6.07, 6.45) is -3.65. The summed E-state index contributed by atoms with van der Waals surface area (Å²) in [4.78, 5) is 23.6. The van der Waals surface area contributed by atoms with E-state index in [1.54, 1.807) is 38.1 Å². The number of alkyl halides is 3. The molecule has 1 fully saturated rings. The van der Waals surface area contributed by atoms with Crippen molar-refractivity contribution in [1.82, 2.24) is 15.3 Å². The number of hydrogen-bond donors (Lipinski definition) is 1. The number of anilines is 2. The van der Waals surface area contributed by atoms with Gasteiger partial charge in [-0.1, -0.05) is 12.1 Å². The zero-order valence-electron chi connectivity index (χ0n) is 17.6. The molecule has 0 atom stereocenters. The van der Waals surface area contributed by atoms with Gasteiger partial charge in [0.1, 0.15) is 11.6 Å². The van der Waals surface area contributed by atoms with E-state index in [9.17, 15) is 22.4 Å². The second-order valence-corrected chi connectivity index (χ2v) is 7.87. The van der Waals surface area contributed by atoms with Crippen LogP contribution in [0.2, 0.25) is 0 Å². The standard InChI is InChI=1S/C21H25F4N5O/c1-13-4-5-14(10-16(13)22)12-26-19(31)15-6-8-30(9-7-15)20-27-17(21(23,24)25)11-18(28-20)29(2)3/h4-5,10-11,15H,6-9,12H2,1-3H3,(H,26,31). The molecule has 2 aromatic rings. The number of benzene rings is 1. The average Bonchev–Trinajstić information content (AvgIpc) is 2.73. The molecule has 0 radical (unpaired) electrons. The molecular formula is C21H25F4N5O. The van der Waals surface area contributed by atoms with E-state index in [1.807, 2.05) is 0 Å². The second-order valence-electron chi connectivity index (χ2n) is 7.87. The van der Waals surface area contributed by atoms with Crippen molar-refractivity contribution in [3.63, 3.8) is 0 Å². The van der Waals surface area contributed by atoms with Gasteiger partial charge >= 0.3 is 6.18 Å². The van der Waals surface area contributed by atoms with Crippen LogP contribution in [0.15, 0.2) is 24.3 Å². The highest BCUT2D eigenvalue weighted by Crippen LogP contribution is 2.31. The minimum atomic E-state index is -4.57. The highest BCUT2D eigenvalue weighted by Gasteiger charge is 2.35. The third-order valence-electron chi connectivity index (χ3n) is 5.30. The number of carbonyl (C=O) groups is 1. The molecule has 1 aromatic carbocycles. The topological polar surface area (TPSA) is 61.4 Å². The van der Waals surface area contributed by atoms with Gasteiger partial charge in [-0.3, -0.25) is 4.79 Å². The van der Waals surface area contributed by atoms with E-state index < -0.39 is 11.9 Å². The summed E-state index contributed by atoms with van der Waals surface area (Å²) in [5.74, 6) is -0.571. The van der Waals surface area contributed by atoms with Crippen molar-refractivity contribution in [3.8, 4) is 0 Å². The van der Waals surface area contributed by atoms with Crippen LogP contribution in [0, 0.1) is 18.7 Å². The van der Waals surface area contributed by atoms with Crippen LogP contribution in [-0.2, 0) is 17.5 Å². The largest absolute Gasteiger partial charge is 0.433 e. The Balaban J connectivity index is 1.61. The molecule has 1 amide bonds. The van der Waals surface area contributed by atoms with Gasteiger partial charge in [0.05, 0.1) is 0 Å². The third-order valence-corrected chi connectivity index (χ3v) is 5.30. The maximum atomic E-state index is 13.6. The van der Waals surface area contributed by atoms with E-state index in [-0.39, 0.29) is 36.0 Å². The molecule has 31 heavy (non-hydrogen) atoms. The van der Waals surface area contributed by atoms with Gasteiger partial charge in [0, 0.05) is 45.7 Å². The Morgan fingerprint density at radius 3 is 2.45 bits per heavy atom. The lowest BCUT2D eigenvalue weighted by Crippen LogP contribution is -2.41. The lowest BCUT2D eigenvalue weighted by molar-refractivity contribution is -0.141. The lowest BCUT2D eigenvalue weighted by atomic mass is 9.96. The van der Waals surface area contributed by atoms with Crippen molar-refractivity contribution in [2.75, 3.05) is 37.0 Å². The van der Waals surface area contributed by atoms with Gasteiger partial charge in [0.15, 0.2) is 5.69 Å². The normalized spacial score (nSPS) is 15.1. The molecular weight excluding hydrogens is 414 g/mol. The summed E-state index contributed by atoms with van der Waals surface area (Å²) in [7, 11) is 3.23. The molecule has 0 unspecified atom stereocenters.